The van der Waals surface area contributed by atoms with Crippen molar-refractivity contribution in [1.29, 1.82) is 0 Å². The molecule has 2 rings (SSSR count). The summed E-state index contributed by atoms with van der Waals surface area (Å²) in [6.07, 6.45) is -11.8. The van der Waals surface area contributed by atoms with Crippen LogP contribution in [0.3, 0.4) is 0 Å². The molecule has 1 amide bonds. The molecule has 1 aliphatic rings. The second kappa shape index (κ2) is 5.24. The van der Waals surface area contributed by atoms with E-state index < -0.39 is 53.7 Å². The summed E-state index contributed by atoms with van der Waals surface area (Å²) in [5, 5.41) is 1.50. The minimum atomic E-state index is -5.32. The Labute approximate surface area is 123 Å². The van der Waals surface area contributed by atoms with Gasteiger partial charge < -0.3 is 10.1 Å². The molecule has 0 spiro atoms. The van der Waals surface area contributed by atoms with Crippen molar-refractivity contribution in [3.05, 3.63) is 34.9 Å². The molecule has 0 unspecified atom stereocenters. The Balaban J connectivity index is 2.59. The molecule has 0 bridgehead atoms. The maximum absolute atomic E-state index is 13.7. The second-order valence-electron chi connectivity index (χ2n) is 4.71. The van der Waals surface area contributed by atoms with Crippen LogP contribution in [0.1, 0.15) is 22.7 Å². The number of carbonyl (C=O) groups is 1. The van der Waals surface area contributed by atoms with E-state index >= 15 is 0 Å². The highest BCUT2D eigenvalue weighted by molar-refractivity contribution is 5.69. The molecule has 1 aliphatic heterocycles. The monoisotopic (exact) mass is 349 g/mol. The number of ether oxygens (including phenoxy) is 1. The Morgan fingerprint density at radius 2 is 1.70 bits per heavy atom. The largest absolute Gasteiger partial charge is 0.443 e. The molecule has 0 aliphatic carbocycles. The minimum absolute atomic E-state index is 0.238. The maximum Gasteiger partial charge on any atom is 0.416 e. The van der Waals surface area contributed by atoms with Gasteiger partial charge in [0.05, 0.1) is 11.1 Å². The standard InChI is InChI=1S/C12H7F8NO2/c13-10(14)4-23-9(22)21-8(10)6-2-1-5(11(15,16)17)3-7(6)12(18,19)20/h1-3,8H,4H2,(H,21,22)/t8-/m1/s1. The van der Waals surface area contributed by atoms with Crippen molar-refractivity contribution in [1.82, 2.24) is 5.32 Å². The van der Waals surface area contributed by atoms with E-state index in [-0.39, 0.29) is 18.2 Å². The molecule has 0 saturated carbocycles. The number of nitrogens with one attached hydrogen (secondary N) is 1. The summed E-state index contributed by atoms with van der Waals surface area (Å²) < 4.78 is 108. The number of hydrogen-bond acceptors (Lipinski definition) is 2. The first-order valence-corrected chi connectivity index (χ1v) is 5.92. The summed E-state index contributed by atoms with van der Waals surface area (Å²) >= 11 is 0. The molecule has 11 heteroatoms. The first kappa shape index (κ1) is 17.3. The van der Waals surface area contributed by atoms with Gasteiger partial charge in [-0.05, 0) is 17.7 Å². The Morgan fingerprint density at radius 1 is 1.09 bits per heavy atom. The molecule has 0 aromatic heterocycles. The van der Waals surface area contributed by atoms with Gasteiger partial charge in [-0.25, -0.2) is 13.6 Å². The van der Waals surface area contributed by atoms with E-state index in [4.69, 9.17) is 0 Å². The van der Waals surface area contributed by atoms with E-state index in [1.807, 2.05) is 0 Å². The average Bonchev–Trinajstić information content (AvgIpc) is 2.39. The highest BCUT2D eigenvalue weighted by atomic mass is 19.4. The van der Waals surface area contributed by atoms with Crippen LogP contribution in [-0.2, 0) is 17.1 Å². The van der Waals surface area contributed by atoms with Gasteiger partial charge >= 0.3 is 24.4 Å². The van der Waals surface area contributed by atoms with Crippen LogP contribution < -0.4 is 5.32 Å². The molecular formula is C12H7F8NO2. The Kier molecular flexibility index (Phi) is 3.94. The quantitative estimate of drug-likeness (QED) is 0.774. The first-order chi connectivity index (χ1) is 10.3. The molecule has 23 heavy (non-hydrogen) atoms. The highest BCUT2D eigenvalue weighted by Crippen LogP contribution is 2.43. The molecule has 1 saturated heterocycles. The number of alkyl carbamates (subject to hydrolysis) is 1. The van der Waals surface area contributed by atoms with Crippen LogP contribution in [0.25, 0.3) is 0 Å². The molecule has 1 fully saturated rings. The zero-order chi connectivity index (χ0) is 17.6. The lowest BCUT2D eigenvalue weighted by Gasteiger charge is -2.33. The van der Waals surface area contributed by atoms with E-state index in [0.717, 1.165) is 0 Å². The smallest absolute Gasteiger partial charge is 0.416 e. The van der Waals surface area contributed by atoms with Crippen molar-refractivity contribution < 1.29 is 44.7 Å². The summed E-state index contributed by atoms with van der Waals surface area (Å²) in [6.45, 7) is -1.48. The van der Waals surface area contributed by atoms with Crippen molar-refractivity contribution in [2.24, 2.45) is 0 Å². The van der Waals surface area contributed by atoms with Crippen molar-refractivity contribution in [3.63, 3.8) is 0 Å². The number of benzene rings is 1. The van der Waals surface area contributed by atoms with Crippen LogP contribution in [0.4, 0.5) is 39.9 Å². The zero-order valence-corrected chi connectivity index (χ0v) is 10.9. The molecule has 1 heterocycles. The van der Waals surface area contributed by atoms with Crippen LogP contribution in [0.5, 0.6) is 0 Å². The van der Waals surface area contributed by atoms with Gasteiger partial charge in [-0.3, -0.25) is 0 Å². The molecule has 0 radical (unpaired) electrons. The minimum Gasteiger partial charge on any atom is -0.443 e. The predicted octanol–water partition coefficient (Wildman–Crippen LogP) is 4.14. The molecule has 1 atom stereocenters. The molecule has 128 valence electrons. The zero-order valence-electron chi connectivity index (χ0n) is 10.9. The summed E-state index contributed by atoms with van der Waals surface area (Å²) in [5.41, 5.74) is -4.72. The lowest BCUT2D eigenvalue weighted by atomic mass is 9.93. The van der Waals surface area contributed by atoms with E-state index in [9.17, 15) is 39.9 Å². The van der Waals surface area contributed by atoms with Crippen LogP contribution in [0.2, 0.25) is 0 Å². The molecule has 3 nitrogen and oxygen atoms in total. The number of rotatable bonds is 1. The fourth-order valence-corrected chi connectivity index (χ4v) is 2.05. The van der Waals surface area contributed by atoms with Crippen molar-refractivity contribution >= 4 is 6.09 Å². The molecule has 1 aromatic rings. The van der Waals surface area contributed by atoms with E-state index in [1.165, 1.54) is 5.32 Å². The van der Waals surface area contributed by atoms with E-state index in [0.29, 0.717) is 0 Å². The predicted molar refractivity (Wildman–Crippen MR) is 58.6 cm³/mol. The van der Waals surface area contributed by atoms with Crippen LogP contribution in [-0.4, -0.2) is 18.6 Å². The average molecular weight is 349 g/mol. The highest BCUT2D eigenvalue weighted by Gasteiger charge is 2.50. The number of cyclic esters (lactones) is 1. The van der Waals surface area contributed by atoms with Gasteiger partial charge in [0.25, 0.3) is 0 Å². The third-order valence-corrected chi connectivity index (χ3v) is 3.08. The van der Waals surface area contributed by atoms with Crippen LogP contribution >= 0.6 is 0 Å². The SMILES string of the molecule is O=C1N[C@H](c2ccc(C(F)(F)F)cc2C(F)(F)F)C(F)(F)CO1. The topological polar surface area (TPSA) is 38.3 Å². The third-order valence-electron chi connectivity index (χ3n) is 3.08. The third kappa shape index (κ3) is 3.48. The number of hydrogen-bond donors (Lipinski definition) is 1. The number of halogens is 8. The molecule has 1 aromatic carbocycles. The van der Waals surface area contributed by atoms with Gasteiger partial charge in [-0.15, -0.1) is 0 Å². The van der Waals surface area contributed by atoms with Gasteiger partial charge in [0.15, 0.2) is 6.61 Å². The number of alkyl halides is 8. The normalized spacial score (nSPS) is 21.6. The Bertz CT molecular complexity index is 622. The lowest BCUT2D eigenvalue weighted by molar-refractivity contribution is -0.145. The second-order valence-corrected chi connectivity index (χ2v) is 4.71. The van der Waals surface area contributed by atoms with E-state index in [1.54, 1.807) is 0 Å². The fraction of sp³-hybridized carbons (Fsp3) is 0.417. The summed E-state index contributed by atoms with van der Waals surface area (Å²) in [7, 11) is 0. The summed E-state index contributed by atoms with van der Waals surface area (Å²) in [5.74, 6) is -3.92. The Hall–Kier alpha value is -2.07. The number of carbonyl (C=O) groups excluding carboxylic acids is 1. The van der Waals surface area contributed by atoms with Crippen molar-refractivity contribution in [3.8, 4) is 0 Å². The molecular weight excluding hydrogens is 342 g/mol. The van der Waals surface area contributed by atoms with Crippen molar-refractivity contribution in [2.45, 2.75) is 24.3 Å². The van der Waals surface area contributed by atoms with Crippen molar-refractivity contribution in [2.75, 3.05) is 6.61 Å². The first-order valence-electron chi connectivity index (χ1n) is 5.92. The van der Waals surface area contributed by atoms with Gasteiger partial charge in [-0.1, -0.05) is 6.07 Å². The van der Waals surface area contributed by atoms with Crippen LogP contribution in [0.15, 0.2) is 18.2 Å². The number of amides is 1. The van der Waals surface area contributed by atoms with E-state index in [2.05, 4.69) is 4.74 Å². The summed E-state index contributed by atoms with van der Waals surface area (Å²) in [6, 6.07) is -2.21. The fourth-order valence-electron chi connectivity index (χ4n) is 2.05. The van der Waals surface area contributed by atoms with Gasteiger partial charge in [0.1, 0.15) is 6.04 Å². The molecule has 1 N–H and O–H groups in total. The van der Waals surface area contributed by atoms with Crippen LogP contribution in [0, 0.1) is 0 Å². The van der Waals surface area contributed by atoms with Gasteiger partial charge in [0, 0.05) is 0 Å². The summed E-state index contributed by atoms with van der Waals surface area (Å²) in [4.78, 5) is 11.0. The lowest BCUT2D eigenvalue weighted by Crippen LogP contribution is -2.50. The van der Waals surface area contributed by atoms with Gasteiger partial charge in [-0.2, -0.15) is 26.3 Å². The Morgan fingerprint density at radius 3 is 2.22 bits per heavy atom. The maximum atomic E-state index is 13.7. The van der Waals surface area contributed by atoms with Gasteiger partial charge in [0.2, 0.25) is 0 Å².